The molecule has 8 nitrogen and oxygen atoms in total. The molecule has 0 atom stereocenters. The average Bonchev–Trinajstić information content (AvgIpc) is 3.00. The number of hydrogen-bond acceptors (Lipinski definition) is 6. The van der Waals surface area contributed by atoms with Crippen LogP contribution in [-0.2, 0) is 0 Å². The Morgan fingerprint density at radius 1 is 0.595 bits per heavy atom. The highest BCUT2D eigenvalue weighted by molar-refractivity contribution is 6.07. The lowest BCUT2D eigenvalue weighted by molar-refractivity contribution is 0.0952. The Balaban J connectivity index is 1.18. The molecule has 0 radical (unpaired) electrons. The summed E-state index contributed by atoms with van der Waals surface area (Å²) in [5.74, 6) is -0.592. The number of amides is 2. The number of carbonyl (C=O) groups is 2. The van der Waals surface area contributed by atoms with Gasteiger partial charge in [0.1, 0.15) is 11.4 Å². The number of nitrogens with zero attached hydrogens (tertiary/aromatic N) is 4. The molecule has 2 aromatic heterocycles. The van der Waals surface area contributed by atoms with E-state index in [9.17, 15) is 9.59 Å². The quantitative estimate of drug-likeness (QED) is 0.297. The number of pyridine rings is 2. The van der Waals surface area contributed by atoms with Crippen molar-refractivity contribution in [3.8, 4) is 0 Å². The molecule has 2 N–H and O–H groups in total. The van der Waals surface area contributed by atoms with Gasteiger partial charge in [-0.15, -0.1) is 0 Å². The third kappa shape index (κ3) is 4.62. The summed E-state index contributed by atoms with van der Waals surface area (Å²) < 4.78 is 0. The zero-order valence-electron chi connectivity index (χ0n) is 23.3. The van der Waals surface area contributed by atoms with Crippen LogP contribution >= 0.6 is 0 Å². The van der Waals surface area contributed by atoms with Crippen LogP contribution in [-0.4, -0.2) is 49.0 Å². The number of nitrogens with one attached hydrogen (secondary N) is 2. The molecule has 5 aromatic rings. The minimum atomic E-state index is -0.296. The molecule has 2 aliphatic rings. The SMILES string of the molecule is CN1CC(NC(=O)c2ccc3ccc4ccc(C(=O)NC5=Cc6ccccc6N(C)C5)nc4c3n2)=Cc2ccccc21. The van der Waals surface area contributed by atoms with E-state index in [2.05, 4.69) is 32.6 Å². The Morgan fingerprint density at radius 3 is 1.45 bits per heavy atom. The number of carbonyl (C=O) groups excluding carboxylic acids is 2. The van der Waals surface area contributed by atoms with E-state index in [1.54, 1.807) is 12.1 Å². The normalized spacial score (nSPS) is 14.1. The lowest BCUT2D eigenvalue weighted by Gasteiger charge is -2.27. The van der Waals surface area contributed by atoms with E-state index >= 15 is 0 Å². The highest BCUT2D eigenvalue weighted by Crippen LogP contribution is 2.28. The highest BCUT2D eigenvalue weighted by atomic mass is 16.2. The fourth-order valence-corrected chi connectivity index (χ4v) is 5.65. The maximum absolute atomic E-state index is 13.3. The third-order valence-corrected chi connectivity index (χ3v) is 7.70. The Morgan fingerprint density at radius 2 is 1.00 bits per heavy atom. The minimum absolute atomic E-state index is 0.281. The number of aromatic nitrogens is 2. The topological polar surface area (TPSA) is 90.5 Å². The smallest absolute Gasteiger partial charge is 0.274 e. The highest BCUT2D eigenvalue weighted by Gasteiger charge is 2.20. The summed E-state index contributed by atoms with van der Waals surface area (Å²) in [4.78, 5) is 40.2. The largest absolute Gasteiger partial charge is 0.368 e. The van der Waals surface area contributed by atoms with E-state index in [-0.39, 0.29) is 23.2 Å². The minimum Gasteiger partial charge on any atom is -0.368 e. The van der Waals surface area contributed by atoms with Gasteiger partial charge in [-0.3, -0.25) is 9.59 Å². The average molecular weight is 553 g/mol. The van der Waals surface area contributed by atoms with Crippen molar-refractivity contribution < 1.29 is 9.59 Å². The van der Waals surface area contributed by atoms with Crippen LogP contribution in [0.3, 0.4) is 0 Å². The van der Waals surface area contributed by atoms with E-state index in [1.807, 2.05) is 86.9 Å². The molecule has 3 aromatic carbocycles. The van der Waals surface area contributed by atoms with Crippen LogP contribution in [0.5, 0.6) is 0 Å². The van der Waals surface area contributed by atoms with Crippen LogP contribution < -0.4 is 20.4 Å². The lowest BCUT2D eigenvalue weighted by atomic mass is 10.1. The molecule has 8 heteroatoms. The fraction of sp³-hybridized carbons (Fsp3) is 0.118. The molecule has 7 rings (SSSR count). The summed E-state index contributed by atoms with van der Waals surface area (Å²) in [5, 5.41) is 7.73. The zero-order chi connectivity index (χ0) is 28.8. The molecule has 2 aliphatic heterocycles. The summed E-state index contributed by atoms with van der Waals surface area (Å²) in [5.41, 5.74) is 7.63. The number of benzene rings is 3. The predicted molar refractivity (Wildman–Crippen MR) is 167 cm³/mol. The first kappa shape index (κ1) is 25.5. The summed E-state index contributed by atoms with van der Waals surface area (Å²) in [6, 6.07) is 27.2. The molecule has 0 saturated heterocycles. The van der Waals surface area contributed by atoms with Crippen molar-refractivity contribution in [2.45, 2.75) is 0 Å². The van der Waals surface area contributed by atoms with Gasteiger partial charge in [0.15, 0.2) is 0 Å². The molecule has 0 fully saturated rings. The molecule has 4 heterocycles. The van der Waals surface area contributed by atoms with Gasteiger partial charge >= 0.3 is 0 Å². The second-order valence-electron chi connectivity index (χ2n) is 10.7. The van der Waals surface area contributed by atoms with Crippen molar-refractivity contribution in [1.29, 1.82) is 0 Å². The van der Waals surface area contributed by atoms with E-state index < -0.39 is 0 Å². The first-order chi connectivity index (χ1) is 20.4. The molecule has 0 unspecified atom stereocenters. The van der Waals surface area contributed by atoms with E-state index in [1.165, 1.54) is 0 Å². The molecule has 42 heavy (non-hydrogen) atoms. The van der Waals surface area contributed by atoms with Crippen LogP contribution in [0.2, 0.25) is 0 Å². The molecule has 2 amide bonds. The predicted octanol–water partition coefficient (Wildman–Crippen LogP) is 5.22. The fourth-order valence-electron chi connectivity index (χ4n) is 5.65. The van der Waals surface area contributed by atoms with Gasteiger partial charge in [-0.1, -0.05) is 60.7 Å². The van der Waals surface area contributed by atoms with Gasteiger partial charge in [-0.2, -0.15) is 0 Å². The molecule has 0 aliphatic carbocycles. The van der Waals surface area contributed by atoms with Gasteiger partial charge in [0.2, 0.25) is 0 Å². The number of hydrogen-bond donors (Lipinski definition) is 2. The van der Waals surface area contributed by atoms with Gasteiger partial charge in [0, 0.05) is 47.6 Å². The standard InChI is InChI=1S/C34H28N6O2/c1-39-19-25(17-23-7-3-5-9-29(23)39)35-33(41)27-15-13-21-11-12-22-14-16-28(38-32(22)31(21)37-27)34(42)36-26-18-24-8-4-6-10-30(24)40(2)20-26/h3-18H,19-20H2,1-2H3,(H,35,41)(H,36,42). The summed E-state index contributed by atoms with van der Waals surface area (Å²) in [6.07, 6.45) is 3.99. The first-order valence-electron chi connectivity index (χ1n) is 13.8. The summed E-state index contributed by atoms with van der Waals surface area (Å²) in [7, 11) is 4.00. The number of fused-ring (bicyclic) bond motifs is 5. The van der Waals surface area contributed by atoms with E-state index in [4.69, 9.17) is 9.97 Å². The molecule has 0 bridgehead atoms. The summed E-state index contributed by atoms with van der Waals surface area (Å²) in [6.45, 7) is 1.16. The maximum Gasteiger partial charge on any atom is 0.274 e. The molecule has 206 valence electrons. The Hall–Kier alpha value is -5.50. The van der Waals surface area contributed by atoms with Crippen molar-refractivity contribution in [3.63, 3.8) is 0 Å². The Labute approximate surface area is 243 Å². The van der Waals surface area contributed by atoms with Crippen molar-refractivity contribution in [1.82, 2.24) is 20.6 Å². The van der Waals surface area contributed by atoms with Crippen LogP contribution in [0.4, 0.5) is 11.4 Å². The van der Waals surface area contributed by atoms with Crippen LogP contribution in [0, 0.1) is 0 Å². The van der Waals surface area contributed by atoms with Crippen LogP contribution in [0.25, 0.3) is 34.0 Å². The van der Waals surface area contributed by atoms with Crippen LogP contribution in [0.15, 0.2) is 96.3 Å². The van der Waals surface area contributed by atoms with Gasteiger partial charge in [0.05, 0.1) is 24.1 Å². The van der Waals surface area contributed by atoms with E-state index in [0.29, 0.717) is 24.1 Å². The van der Waals surface area contributed by atoms with Gasteiger partial charge in [-0.25, -0.2) is 9.97 Å². The van der Waals surface area contributed by atoms with Gasteiger partial charge < -0.3 is 20.4 Å². The van der Waals surface area contributed by atoms with Crippen molar-refractivity contribution in [2.75, 3.05) is 37.0 Å². The zero-order valence-corrected chi connectivity index (χ0v) is 23.3. The number of rotatable bonds is 4. The molecular formula is C34H28N6O2. The van der Waals surface area contributed by atoms with Crippen molar-refractivity contribution in [3.05, 3.63) is 119 Å². The second-order valence-corrected chi connectivity index (χ2v) is 10.7. The summed E-state index contributed by atoms with van der Waals surface area (Å²) >= 11 is 0. The lowest BCUT2D eigenvalue weighted by Crippen LogP contribution is -2.33. The van der Waals surface area contributed by atoms with Gasteiger partial charge in [0.25, 0.3) is 11.8 Å². The molecule has 0 spiro atoms. The van der Waals surface area contributed by atoms with Gasteiger partial charge in [-0.05, 0) is 47.5 Å². The van der Waals surface area contributed by atoms with Crippen molar-refractivity contribution in [2.24, 2.45) is 0 Å². The van der Waals surface area contributed by atoms with Crippen LogP contribution in [0.1, 0.15) is 32.1 Å². The molecule has 0 saturated carbocycles. The maximum atomic E-state index is 13.3. The first-order valence-corrected chi connectivity index (χ1v) is 13.8. The van der Waals surface area contributed by atoms with Crippen molar-refractivity contribution >= 4 is 57.1 Å². The monoisotopic (exact) mass is 552 g/mol. The Kier molecular flexibility index (Phi) is 6.16. The third-order valence-electron chi connectivity index (χ3n) is 7.70. The number of anilines is 2. The van der Waals surface area contributed by atoms with E-state index in [0.717, 1.165) is 44.7 Å². The Bertz CT molecular complexity index is 1840. The second kappa shape index (κ2) is 10.2. The molecular weight excluding hydrogens is 524 g/mol. The number of para-hydroxylation sites is 2. The number of likely N-dealkylation sites (N-methyl/N-ethyl adjacent to an activating group) is 2.